The van der Waals surface area contributed by atoms with Crippen LogP contribution in [0.5, 0.6) is 5.75 Å². The number of hydrogen-bond acceptors (Lipinski definition) is 6. The van der Waals surface area contributed by atoms with Gasteiger partial charge >= 0.3 is 0 Å². The molecule has 0 spiro atoms. The minimum absolute atomic E-state index is 0.0941. The van der Waals surface area contributed by atoms with Gasteiger partial charge in [0.15, 0.2) is 5.82 Å². The van der Waals surface area contributed by atoms with Crippen LogP contribution >= 0.6 is 55.4 Å². The summed E-state index contributed by atoms with van der Waals surface area (Å²) >= 11 is 10.1. The number of hydrogen-bond donors (Lipinski definition) is 1. The lowest BCUT2D eigenvalue weighted by molar-refractivity contribution is 0.468. The van der Waals surface area contributed by atoms with E-state index >= 15 is 0 Å². The van der Waals surface area contributed by atoms with Crippen LogP contribution in [0, 0.1) is 6.92 Å². The Morgan fingerprint density at radius 1 is 1.24 bits per heavy atom. The number of phenols is 1. The first-order valence-corrected chi connectivity index (χ1v) is 9.33. The molecule has 1 N–H and O–H groups in total. The smallest absolute Gasteiger partial charge is 0.216 e. The summed E-state index contributed by atoms with van der Waals surface area (Å²) in [6.07, 6.45) is 0. The van der Waals surface area contributed by atoms with Gasteiger partial charge < -0.3 is 5.11 Å². The topological polar surface area (TPSA) is 54.2 Å². The van der Waals surface area contributed by atoms with Gasteiger partial charge in [0.25, 0.3) is 0 Å². The number of nitrogens with zero attached hydrogens (tertiary/aromatic N) is 4. The Labute approximate surface area is 146 Å². The SMILES string of the molecule is Cc1nnc2n1N1C(=CSC1c1cc(Br)c(O)c(Br)c1)S2. The van der Waals surface area contributed by atoms with Crippen LogP contribution in [0.25, 0.3) is 0 Å². The number of rotatable bonds is 1. The number of aromatic nitrogens is 3. The van der Waals surface area contributed by atoms with Crippen molar-refractivity contribution in [3.8, 4) is 5.75 Å². The average Bonchev–Trinajstić information content (AvgIpc) is 3.08. The molecule has 108 valence electrons. The molecule has 4 rings (SSSR count). The third kappa shape index (κ3) is 2.05. The Balaban J connectivity index is 1.80. The molecule has 0 aliphatic carbocycles. The van der Waals surface area contributed by atoms with Gasteiger partial charge in [0, 0.05) is 5.41 Å². The summed E-state index contributed by atoms with van der Waals surface area (Å²) in [7, 11) is 0. The van der Waals surface area contributed by atoms with Gasteiger partial charge in [-0.3, -0.25) is 5.01 Å². The number of aryl methyl sites for hydroxylation is 1. The third-order valence-electron chi connectivity index (χ3n) is 3.25. The van der Waals surface area contributed by atoms with Crippen LogP contribution in [0.3, 0.4) is 0 Å². The van der Waals surface area contributed by atoms with Crippen molar-refractivity contribution < 1.29 is 5.11 Å². The second kappa shape index (κ2) is 4.94. The summed E-state index contributed by atoms with van der Waals surface area (Å²) < 4.78 is 3.39. The second-order valence-corrected chi connectivity index (χ2v) is 8.22. The van der Waals surface area contributed by atoms with E-state index in [0.717, 1.165) is 21.6 Å². The van der Waals surface area contributed by atoms with Gasteiger partial charge in [-0.1, -0.05) is 11.8 Å². The number of benzene rings is 1. The molecule has 0 fully saturated rings. The van der Waals surface area contributed by atoms with E-state index in [1.54, 1.807) is 23.5 Å². The van der Waals surface area contributed by atoms with Crippen molar-refractivity contribution >= 4 is 55.4 Å². The summed E-state index contributed by atoms with van der Waals surface area (Å²) in [6.45, 7) is 1.95. The fourth-order valence-corrected chi connectivity index (χ4v) is 5.79. The van der Waals surface area contributed by atoms with Gasteiger partial charge in [0.2, 0.25) is 5.16 Å². The van der Waals surface area contributed by atoms with Crippen LogP contribution in [0.1, 0.15) is 16.8 Å². The number of fused-ring (bicyclic) bond motifs is 3. The molecule has 0 amide bonds. The molecule has 0 bridgehead atoms. The zero-order valence-corrected chi connectivity index (χ0v) is 15.4. The molecular formula is C12H8Br2N4OS2. The highest BCUT2D eigenvalue weighted by Gasteiger charge is 2.39. The second-order valence-electron chi connectivity index (χ2n) is 4.57. The quantitative estimate of drug-likeness (QED) is 0.709. The number of thioether (sulfide) groups is 2. The lowest BCUT2D eigenvalue weighted by Gasteiger charge is -2.25. The average molecular weight is 448 g/mol. The molecule has 1 aromatic heterocycles. The third-order valence-corrected chi connectivity index (χ3v) is 6.65. The first-order valence-electron chi connectivity index (χ1n) is 5.99. The molecular weight excluding hydrogens is 440 g/mol. The molecule has 0 saturated carbocycles. The van der Waals surface area contributed by atoms with Crippen LogP contribution in [-0.4, -0.2) is 20.0 Å². The summed E-state index contributed by atoms with van der Waals surface area (Å²) in [6, 6.07) is 3.88. The molecule has 9 heteroatoms. The predicted molar refractivity (Wildman–Crippen MR) is 90.8 cm³/mol. The minimum Gasteiger partial charge on any atom is -0.506 e. The van der Waals surface area contributed by atoms with Crippen LogP contribution in [-0.2, 0) is 0 Å². The Bertz CT molecular complexity index is 769. The van der Waals surface area contributed by atoms with Crippen molar-refractivity contribution in [1.82, 2.24) is 14.9 Å². The van der Waals surface area contributed by atoms with Gasteiger partial charge in [-0.2, -0.15) is 0 Å². The summed E-state index contributed by atoms with van der Waals surface area (Å²) in [5, 5.41) is 24.6. The molecule has 2 aromatic rings. The summed E-state index contributed by atoms with van der Waals surface area (Å²) in [5.74, 6) is 1.08. The van der Waals surface area contributed by atoms with Crippen molar-refractivity contribution in [2.45, 2.75) is 17.5 Å². The maximum Gasteiger partial charge on any atom is 0.216 e. The van der Waals surface area contributed by atoms with Gasteiger partial charge in [-0.15, -0.1) is 10.2 Å². The molecule has 1 unspecified atom stereocenters. The highest BCUT2D eigenvalue weighted by Crippen LogP contribution is 2.52. The lowest BCUT2D eigenvalue weighted by atomic mass is 10.2. The van der Waals surface area contributed by atoms with Gasteiger partial charge in [-0.25, -0.2) is 4.68 Å². The number of phenolic OH excluding ortho intramolecular Hbond substituents is 1. The lowest BCUT2D eigenvalue weighted by Crippen LogP contribution is -2.30. The van der Waals surface area contributed by atoms with Gasteiger partial charge in [-0.05, 0) is 68.2 Å². The van der Waals surface area contributed by atoms with Gasteiger partial charge in [0.1, 0.15) is 16.2 Å². The minimum atomic E-state index is 0.0941. The highest BCUT2D eigenvalue weighted by atomic mass is 79.9. The molecule has 2 aliphatic rings. The van der Waals surface area contributed by atoms with Crippen molar-refractivity contribution in [3.63, 3.8) is 0 Å². The van der Waals surface area contributed by atoms with Gasteiger partial charge in [0.05, 0.1) is 8.95 Å². The molecule has 1 atom stereocenters. The Kier molecular flexibility index (Phi) is 3.29. The van der Waals surface area contributed by atoms with E-state index in [1.807, 2.05) is 23.7 Å². The highest BCUT2D eigenvalue weighted by molar-refractivity contribution is 9.11. The van der Waals surface area contributed by atoms with E-state index < -0.39 is 0 Å². The Hall–Kier alpha value is -0.640. The number of aromatic hydroxyl groups is 1. The van der Waals surface area contributed by atoms with E-state index in [0.29, 0.717) is 8.95 Å². The van der Waals surface area contributed by atoms with Crippen LogP contribution in [0.4, 0.5) is 0 Å². The molecule has 5 nitrogen and oxygen atoms in total. The number of halogens is 2. The van der Waals surface area contributed by atoms with Crippen LogP contribution in [0.15, 0.2) is 36.7 Å². The molecule has 21 heavy (non-hydrogen) atoms. The van der Waals surface area contributed by atoms with E-state index in [9.17, 15) is 5.11 Å². The normalized spacial score (nSPS) is 19.7. The van der Waals surface area contributed by atoms with E-state index in [-0.39, 0.29) is 11.1 Å². The van der Waals surface area contributed by atoms with Crippen molar-refractivity contribution in [2.75, 3.05) is 5.01 Å². The van der Waals surface area contributed by atoms with Crippen molar-refractivity contribution in [2.24, 2.45) is 0 Å². The largest absolute Gasteiger partial charge is 0.506 e. The van der Waals surface area contributed by atoms with Crippen molar-refractivity contribution in [3.05, 3.63) is 42.9 Å². The fraction of sp³-hybridized carbons (Fsp3) is 0.167. The molecule has 1 aromatic carbocycles. The van der Waals surface area contributed by atoms with E-state index in [4.69, 9.17) is 0 Å². The summed E-state index contributed by atoms with van der Waals surface area (Å²) in [5.41, 5.74) is 1.09. The van der Waals surface area contributed by atoms with Crippen LogP contribution in [0.2, 0.25) is 0 Å². The zero-order chi connectivity index (χ0) is 14.7. The molecule has 2 aliphatic heterocycles. The fourth-order valence-electron chi connectivity index (χ4n) is 2.32. The van der Waals surface area contributed by atoms with E-state index in [1.165, 1.54) is 0 Å². The zero-order valence-electron chi connectivity index (χ0n) is 10.6. The van der Waals surface area contributed by atoms with E-state index in [2.05, 4.69) is 52.5 Å². The first-order chi connectivity index (χ1) is 10.1. The maximum atomic E-state index is 9.87. The molecule has 3 heterocycles. The van der Waals surface area contributed by atoms with Crippen molar-refractivity contribution in [1.29, 1.82) is 0 Å². The maximum absolute atomic E-state index is 9.87. The molecule has 0 saturated heterocycles. The summed E-state index contributed by atoms with van der Waals surface area (Å²) in [4.78, 5) is 0. The molecule has 0 radical (unpaired) electrons. The predicted octanol–water partition coefficient (Wildman–Crippen LogP) is 4.11. The first kappa shape index (κ1) is 14.0. The Morgan fingerprint density at radius 2 is 1.95 bits per heavy atom. The standard InChI is InChI=1S/C12H8Br2N4OS2/c1-5-15-16-12-17(5)18-9(21-12)4-20-11(18)6-2-7(13)10(19)8(14)3-6/h2-4,11,19H,1H3. The Morgan fingerprint density at radius 3 is 2.67 bits per heavy atom. The monoisotopic (exact) mass is 446 g/mol. The van der Waals surface area contributed by atoms with Crippen LogP contribution < -0.4 is 5.01 Å².